The minimum atomic E-state index is -0.828. The lowest BCUT2D eigenvalue weighted by Gasteiger charge is -2.10. The third-order valence-corrected chi connectivity index (χ3v) is 5.01. The van der Waals surface area contributed by atoms with E-state index in [4.69, 9.17) is 29.8 Å². The molecule has 0 fully saturated rings. The van der Waals surface area contributed by atoms with Crippen LogP contribution in [-0.4, -0.2) is 25.0 Å². The molecular weight excluding hydrogens is 429 g/mol. The van der Waals surface area contributed by atoms with E-state index >= 15 is 0 Å². The van der Waals surface area contributed by atoms with E-state index in [0.717, 1.165) is 0 Å². The number of nitrogens with one attached hydrogen (secondary N) is 1. The Morgan fingerprint density at radius 2 is 1.80 bits per heavy atom. The molecule has 8 nitrogen and oxygen atoms in total. The molecule has 2 aromatic carbocycles. The van der Waals surface area contributed by atoms with Crippen molar-refractivity contribution in [3.8, 4) is 23.6 Å². The average molecular weight is 441 g/mol. The Hall–Kier alpha value is -3.67. The van der Waals surface area contributed by atoms with Gasteiger partial charge in [0.05, 0.1) is 5.02 Å². The lowest BCUT2D eigenvalue weighted by atomic mass is 10.2. The van der Waals surface area contributed by atoms with Crippen molar-refractivity contribution in [2.45, 2.75) is 6.54 Å². The van der Waals surface area contributed by atoms with Crippen LogP contribution in [0.2, 0.25) is 10.0 Å². The SMILES string of the molecule is C#[N+]C(=O)Cn1c(=O)[nH]c2nc(-c3ccccc3Cl)n(-c3ccc(Cl)cc3)c2c1=O. The number of halogens is 2. The Morgan fingerprint density at radius 1 is 1.10 bits per heavy atom. The minimum Gasteiger partial charge on any atom is -0.290 e. The average Bonchev–Trinajstić information content (AvgIpc) is 3.10. The standard InChI is InChI=1S/C20H11Cl2N5O3/c1-23-15(28)10-26-19(29)16-17(25-20(26)30)24-18(13-4-2-3-5-14(13)22)27(16)12-8-6-11(21)7-9-12/h1-9H,10H2/p+1. The summed E-state index contributed by atoms with van der Waals surface area (Å²) in [6.45, 7) is 4.36. The van der Waals surface area contributed by atoms with E-state index in [1.165, 1.54) is 0 Å². The van der Waals surface area contributed by atoms with E-state index in [1.54, 1.807) is 53.1 Å². The number of fused-ring (bicyclic) bond motifs is 1. The number of H-pyrrole nitrogens is 1. The Morgan fingerprint density at radius 3 is 2.47 bits per heavy atom. The second-order valence-electron chi connectivity index (χ2n) is 6.27. The van der Waals surface area contributed by atoms with Crippen LogP contribution in [0.4, 0.5) is 0 Å². The van der Waals surface area contributed by atoms with Crippen molar-refractivity contribution in [3.63, 3.8) is 0 Å². The van der Waals surface area contributed by atoms with Crippen molar-refractivity contribution in [2.75, 3.05) is 0 Å². The number of aromatic amines is 1. The van der Waals surface area contributed by atoms with Gasteiger partial charge in [-0.2, -0.15) is 4.79 Å². The summed E-state index contributed by atoms with van der Waals surface area (Å²) in [4.78, 5) is 47.2. The number of rotatable bonds is 4. The summed E-state index contributed by atoms with van der Waals surface area (Å²) >= 11 is 12.4. The zero-order chi connectivity index (χ0) is 21.4. The Kier molecular flexibility index (Phi) is 4.99. The van der Waals surface area contributed by atoms with Gasteiger partial charge in [-0.05, 0) is 36.4 Å². The van der Waals surface area contributed by atoms with Crippen LogP contribution in [0.3, 0.4) is 0 Å². The number of aromatic nitrogens is 4. The number of carbonyl (C=O) groups is 1. The summed E-state index contributed by atoms with van der Waals surface area (Å²) in [6, 6.07) is 13.7. The van der Waals surface area contributed by atoms with Gasteiger partial charge in [0.25, 0.3) is 12.1 Å². The van der Waals surface area contributed by atoms with Crippen LogP contribution in [0.1, 0.15) is 0 Å². The molecule has 148 valence electrons. The number of carbonyl (C=O) groups excluding carboxylic acids is 1. The first kappa shape index (κ1) is 19.6. The van der Waals surface area contributed by atoms with Crippen LogP contribution < -0.4 is 11.2 Å². The van der Waals surface area contributed by atoms with Crippen LogP contribution in [0, 0.1) is 6.57 Å². The molecule has 4 rings (SSSR count). The van der Waals surface area contributed by atoms with Crippen molar-refractivity contribution in [1.82, 2.24) is 19.1 Å². The minimum absolute atomic E-state index is 0.0447. The van der Waals surface area contributed by atoms with Gasteiger partial charge in [-0.15, -0.1) is 0 Å². The first-order chi connectivity index (χ1) is 14.4. The van der Waals surface area contributed by atoms with Gasteiger partial charge < -0.3 is 0 Å². The highest BCUT2D eigenvalue weighted by molar-refractivity contribution is 6.33. The highest BCUT2D eigenvalue weighted by atomic mass is 35.5. The molecule has 0 saturated heterocycles. The van der Waals surface area contributed by atoms with Gasteiger partial charge in [0.1, 0.15) is 5.82 Å². The quantitative estimate of drug-likeness (QED) is 0.526. The molecule has 0 bridgehead atoms. The summed E-state index contributed by atoms with van der Waals surface area (Å²) in [6.07, 6.45) is 0. The molecule has 0 unspecified atom stereocenters. The van der Waals surface area contributed by atoms with E-state index in [1.807, 2.05) is 0 Å². The lowest BCUT2D eigenvalue weighted by molar-refractivity contribution is -0.115. The summed E-state index contributed by atoms with van der Waals surface area (Å²) in [5.74, 6) is -0.496. The summed E-state index contributed by atoms with van der Waals surface area (Å²) < 4.78 is 2.26. The molecule has 10 heteroatoms. The van der Waals surface area contributed by atoms with Gasteiger partial charge >= 0.3 is 11.6 Å². The molecule has 1 amide bonds. The Balaban J connectivity index is 2.13. The van der Waals surface area contributed by atoms with Crippen LogP contribution in [0.25, 0.3) is 33.1 Å². The molecule has 4 aromatic rings. The fourth-order valence-electron chi connectivity index (χ4n) is 3.08. The highest BCUT2D eigenvalue weighted by Crippen LogP contribution is 2.31. The molecule has 0 aliphatic heterocycles. The van der Waals surface area contributed by atoms with E-state index in [9.17, 15) is 14.4 Å². The molecule has 0 spiro atoms. The number of imidazole rings is 1. The zero-order valence-corrected chi connectivity index (χ0v) is 16.7. The second kappa shape index (κ2) is 7.63. The first-order valence-electron chi connectivity index (χ1n) is 8.61. The fraction of sp³-hybridized carbons (Fsp3) is 0.0500. The number of nitrogens with zero attached hydrogens (tertiary/aromatic N) is 4. The molecule has 2 aromatic heterocycles. The maximum Gasteiger partial charge on any atom is 0.534 e. The summed E-state index contributed by atoms with van der Waals surface area (Å²) in [7, 11) is 0. The maximum absolute atomic E-state index is 13.2. The molecule has 0 aliphatic carbocycles. The molecule has 0 radical (unpaired) electrons. The van der Waals surface area contributed by atoms with Gasteiger partial charge in [-0.25, -0.2) is 14.3 Å². The second-order valence-corrected chi connectivity index (χ2v) is 7.11. The molecule has 1 N–H and O–H groups in total. The predicted molar refractivity (Wildman–Crippen MR) is 115 cm³/mol. The van der Waals surface area contributed by atoms with E-state index in [-0.39, 0.29) is 11.2 Å². The van der Waals surface area contributed by atoms with Gasteiger partial charge in [0.15, 0.2) is 17.7 Å². The van der Waals surface area contributed by atoms with Gasteiger partial charge in [0.2, 0.25) is 0 Å². The molecular formula is C20H12Cl2N5O3+. The van der Waals surface area contributed by atoms with Gasteiger partial charge in [0, 0.05) is 21.1 Å². The maximum atomic E-state index is 13.2. The summed E-state index contributed by atoms with van der Waals surface area (Å²) in [5, 5.41) is 0.909. The normalized spacial score (nSPS) is 10.8. The Bertz CT molecular complexity index is 1460. The van der Waals surface area contributed by atoms with Crippen molar-refractivity contribution in [1.29, 1.82) is 0 Å². The van der Waals surface area contributed by atoms with Crippen LogP contribution >= 0.6 is 23.2 Å². The predicted octanol–water partition coefficient (Wildman–Crippen LogP) is 3.34. The lowest BCUT2D eigenvalue weighted by Crippen LogP contribution is -2.37. The fourth-order valence-corrected chi connectivity index (χ4v) is 3.42. The largest absolute Gasteiger partial charge is 0.534 e. The third-order valence-electron chi connectivity index (χ3n) is 4.43. The first-order valence-corrected chi connectivity index (χ1v) is 9.36. The van der Waals surface area contributed by atoms with Gasteiger partial charge in [-0.3, -0.25) is 14.3 Å². The van der Waals surface area contributed by atoms with E-state index < -0.39 is 23.7 Å². The molecule has 0 atom stereocenters. The summed E-state index contributed by atoms with van der Waals surface area (Å²) in [5.41, 5.74) is -0.338. The van der Waals surface area contributed by atoms with E-state index in [2.05, 4.69) is 14.8 Å². The van der Waals surface area contributed by atoms with Crippen molar-refractivity contribution < 1.29 is 4.79 Å². The van der Waals surface area contributed by atoms with E-state index in [0.29, 0.717) is 31.7 Å². The van der Waals surface area contributed by atoms with Crippen molar-refractivity contribution in [2.24, 2.45) is 0 Å². The topological polar surface area (TPSA) is 94.1 Å². The highest BCUT2D eigenvalue weighted by Gasteiger charge is 2.23. The van der Waals surface area contributed by atoms with Crippen molar-refractivity contribution in [3.05, 3.63) is 84.3 Å². The van der Waals surface area contributed by atoms with Crippen LogP contribution in [0.15, 0.2) is 58.1 Å². The molecule has 30 heavy (non-hydrogen) atoms. The number of amides is 1. The molecule has 2 heterocycles. The zero-order valence-electron chi connectivity index (χ0n) is 15.2. The third kappa shape index (κ3) is 3.30. The van der Waals surface area contributed by atoms with Crippen molar-refractivity contribution >= 4 is 40.3 Å². The Labute approximate surface area is 178 Å². The number of benzene rings is 2. The molecule has 0 saturated carbocycles. The molecule has 0 aliphatic rings. The number of hydrogen-bond donors (Lipinski definition) is 1. The number of hydrogen-bond acceptors (Lipinski definition) is 4. The van der Waals surface area contributed by atoms with Crippen LogP contribution in [0.5, 0.6) is 0 Å². The van der Waals surface area contributed by atoms with Gasteiger partial charge in [-0.1, -0.05) is 35.3 Å². The monoisotopic (exact) mass is 440 g/mol. The van der Waals surface area contributed by atoms with Crippen LogP contribution in [-0.2, 0) is 11.3 Å². The smallest absolute Gasteiger partial charge is 0.290 e.